The van der Waals surface area contributed by atoms with E-state index in [-0.39, 0.29) is 6.61 Å². The summed E-state index contributed by atoms with van der Waals surface area (Å²) in [5, 5.41) is 13.1. The molecule has 28 heavy (non-hydrogen) atoms. The predicted molar refractivity (Wildman–Crippen MR) is 119 cm³/mol. The van der Waals surface area contributed by atoms with Crippen molar-refractivity contribution in [2.45, 2.75) is 31.9 Å². The Kier molecular flexibility index (Phi) is 3.28. The second-order valence-corrected chi connectivity index (χ2v) is 13.2. The van der Waals surface area contributed by atoms with Gasteiger partial charge in [-0.25, -0.2) is 0 Å². The molecule has 3 aromatic rings. The number of hydrogen-bond donors (Lipinski definition) is 1. The van der Waals surface area contributed by atoms with Gasteiger partial charge in [0.25, 0.3) is 0 Å². The van der Waals surface area contributed by atoms with E-state index in [1.165, 1.54) is 33.4 Å². The van der Waals surface area contributed by atoms with Gasteiger partial charge < -0.3 is 5.11 Å². The third-order valence-corrected chi connectivity index (χ3v) is 10.4. The summed E-state index contributed by atoms with van der Waals surface area (Å²) in [6.07, 6.45) is 4.14. The molecule has 0 radical (unpaired) electrons. The van der Waals surface area contributed by atoms with Crippen molar-refractivity contribution in [1.82, 2.24) is 0 Å². The second kappa shape index (κ2) is 5.56. The molecule has 1 aliphatic heterocycles. The molecule has 1 atom stereocenters. The van der Waals surface area contributed by atoms with Crippen LogP contribution in [0.15, 0.2) is 60.2 Å². The quantitative estimate of drug-likeness (QED) is 0.525. The van der Waals surface area contributed by atoms with E-state index in [9.17, 15) is 5.11 Å². The van der Waals surface area contributed by atoms with Crippen LogP contribution in [0.5, 0.6) is 0 Å². The molecule has 1 nitrogen and oxygen atoms in total. The SMILES string of the molecule is C[Si]1(C)c2cc3c(c(C4C(CCO)=Cc5ccccc54)c21)Cc1ccccc1-3. The van der Waals surface area contributed by atoms with E-state index in [1.807, 2.05) is 0 Å². The third kappa shape index (κ3) is 2.05. The summed E-state index contributed by atoms with van der Waals surface area (Å²) in [6.45, 7) is 5.21. The van der Waals surface area contributed by atoms with Gasteiger partial charge in [0, 0.05) is 12.5 Å². The lowest BCUT2D eigenvalue weighted by Crippen LogP contribution is -2.22. The van der Waals surface area contributed by atoms with Gasteiger partial charge in [0.15, 0.2) is 0 Å². The van der Waals surface area contributed by atoms with Gasteiger partial charge >= 0.3 is 0 Å². The molecule has 0 saturated carbocycles. The molecule has 0 bridgehead atoms. The van der Waals surface area contributed by atoms with Crippen LogP contribution in [0.2, 0.25) is 13.1 Å². The maximum absolute atomic E-state index is 9.76. The molecule has 0 saturated heterocycles. The van der Waals surface area contributed by atoms with Crippen LogP contribution in [-0.4, -0.2) is 19.8 Å². The fourth-order valence-electron chi connectivity index (χ4n) is 5.71. The average molecular weight is 381 g/mol. The zero-order valence-corrected chi connectivity index (χ0v) is 17.4. The first-order chi connectivity index (χ1) is 13.6. The minimum atomic E-state index is -1.44. The van der Waals surface area contributed by atoms with Crippen LogP contribution in [0.3, 0.4) is 0 Å². The fraction of sp³-hybridized carbons (Fsp3) is 0.231. The predicted octanol–water partition coefficient (Wildman–Crippen LogP) is 4.31. The molecule has 3 aromatic carbocycles. The van der Waals surface area contributed by atoms with Crippen molar-refractivity contribution in [3.8, 4) is 11.1 Å². The molecule has 3 aliphatic rings. The number of benzene rings is 3. The Morgan fingerprint density at radius 3 is 2.64 bits per heavy atom. The Morgan fingerprint density at radius 1 is 1.00 bits per heavy atom. The molecule has 1 N–H and O–H groups in total. The first-order valence-electron chi connectivity index (χ1n) is 10.3. The molecule has 0 spiro atoms. The van der Waals surface area contributed by atoms with Crippen molar-refractivity contribution >= 4 is 24.5 Å². The molecule has 1 unspecified atom stereocenters. The third-order valence-electron chi connectivity index (χ3n) is 7.10. The van der Waals surface area contributed by atoms with Gasteiger partial charge in [-0.2, -0.15) is 0 Å². The van der Waals surface area contributed by atoms with Crippen LogP contribution < -0.4 is 10.4 Å². The normalized spacial score (nSPS) is 19.5. The highest BCUT2D eigenvalue weighted by Gasteiger charge is 2.50. The van der Waals surface area contributed by atoms with Crippen LogP contribution in [0, 0.1) is 0 Å². The summed E-state index contributed by atoms with van der Waals surface area (Å²) in [4.78, 5) is 0. The van der Waals surface area contributed by atoms with Gasteiger partial charge in [-0.1, -0.05) is 89.7 Å². The molecule has 0 fully saturated rings. The Balaban J connectivity index is 1.63. The first-order valence-corrected chi connectivity index (χ1v) is 13.3. The molecular formula is C26H24OSi. The van der Waals surface area contributed by atoms with Gasteiger partial charge in [-0.3, -0.25) is 0 Å². The summed E-state index contributed by atoms with van der Waals surface area (Å²) in [5.41, 5.74) is 11.6. The molecule has 138 valence electrons. The molecule has 6 rings (SSSR count). The van der Waals surface area contributed by atoms with E-state index >= 15 is 0 Å². The van der Waals surface area contributed by atoms with Crippen LogP contribution in [0.1, 0.15) is 40.2 Å². The molecule has 1 heterocycles. The highest BCUT2D eigenvalue weighted by atomic mass is 28.3. The zero-order chi connectivity index (χ0) is 19.0. The minimum absolute atomic E-state index is 0.217. The maximum Gasteiger partial charge on any atom is 0.112 e. The highest BCUT2D eigenvalue weighted by Crippen LogP contribution is 2.49. The van der Waals surface area contributed by atoms with Gasteiger partial charge in [0.1, 0.15) is 8.07 Å². The minimum Gasteiger partial charge on any atom is -0.396 e. The van der Waals surface area contributed by atoms with Crippen molar-refractivity contribution < 1.29 is 5.11 Å². The van der Waals surface area contributed by atoms with Crippen molar-refractivity contribution in [2.75, 3.05) is 6.61 Å². The topological polar surface area (TPSA) is 20.2 Å². The Bertz CT molecular complexity index is 1190. The van der Waals surface area contributed by atoms with Crippen molar-refractivity contribution in [3.05, 3.63) is 88.0 Å². The number of hydrogen-bond acceptors (Lipinski definition) is 1. The monoisotopic (exact) mass is 380 g/mol. The molecule has 0 aromatic heterocycles. The van der Waals surface area contributed by atoms with E-state index in [2.05, 4.69) is 73.8 Å². The Morgan fingerprint density at radius 2 is 1.79 bits per heavy atom. The van der Waals surface area contributed by atoms with Crippen LogP contribution in [0.4, 0.5) is 0 Å². The smallest absolute Gasteiger partial charge is 0.112 e. The fourth-order valence-corrected chi connectivity index (χ4v) is 9.14. The van der Waals surface area contributed by atoms with Crippen molar-refractivity contribution in [2.24, 2.45) is 0 Å². The molecule has 2 heteroatoms. The van der Waals surface area contributed by atoms with E-state index in [4.69, 9.17) is 0 Å². The Hall–Kier alpha value is -2.42. The highest BCUT2D eigenvalue weighted by molar-refractivity contribution is 7.16. The summed E-state index contributed by atoms with van der Waals surface area (Å²) in [6, 6.07) is 20.3. The number of aliphatic hydroxyl groups is 1. The number of fused-ring (bicyclic) bond motifs is 5. The lowest BCUT2D eigenvalue weighted by molar-refractivity contribution is 0.298. The lowest BCUT2D eigenvalue weighted by Gasteiger charge is -2.21. The standard InChI is InChI=1S/C26H24OSi/c1-28(2)23-15-21-19-9-5-3-8-17(19)14-22(21)25(26(23)28)24-18(11-12-27)13-16-7-4-6-10-20(16)24/h3-10,13,15,24,27H,11-12,14H2,1-2H3. The van der Waals surface area contributed by atoms with E-state index in [0.29, 0.717) is 5.92 Å². The van der Waals surface area contributed by atoms with Gasteiger partial charge in [0.05, 0.1) is 0 Å². The number of aliphatic hydroxyl groups excluding tert-OH is 1. The largest absolute Gasteiger partial charge is 0.396 e. The zero-order valence-electron chi connectivity index (χ0n) is 16.4. The van der Waals surface area contributed by atoms with Crippen LogP contribution >= 0.6 is 0 Å². The maximum atomic E-state index is 9.76. The van der Waals surface area contributed by atoms with Crippen molar-refractivity contribution in [1.29, 1.82) is 0 Å². The first kappa shape index (κ1) is 16.5. The van der Waals surface area contributed by atoms with Crippen LogP contribution in [-0.2, 0) is 6.42 Å². The molecular weight excluding hydrogens is 356 g/mol. The number of rotatable bonds is 3. The second-order valence-electron chi connectivity index (χ2n) is 8.95. The Labute approximate surface area is 167 Å². The summed E-state index contributed by atoms with van der Waals surface area (Å²) in [7, 11) is -1.44. The lowest BCUT2D eigenvalue weighted by atomic mass is 9.83. The molecule has 0 amide bonds. The van der Waals surface area contributed by atoms with Gasteiger partial charge in [-0.05, 0) is 51.8 Å². The summed E-state index contributed by atoms with van der Waals surface area (Å²) < 4.78 is 0. The van der Waals surface area contributed by atoms with Crippen LogP contribution in [0.25, 0.3) is 17.2 Å². The summed E-state index contributed by atoms with van der Waals surface area (Å²) in [5.74, 6) is 0.315. The van der Waals surface area contributed by atoms with E-state index < -0.39 is 8.07 Å². The molecule has 2 aliphatic carbocycles. The van der Waals surface area contributed by atoms with E-state index in [0.717, 1.165) is 12.8 Å². The van der Waals surface area contributed by atoms with Gasteiger partial charge in [-0.15, -0.1) is 0 Å². The van der Waals surface area contributed by atoms with Gasteiger partial charge in [0.2, 0.25) is 0 Å². The summed E-state index contributed by atoms with van der Waals surface area (Å²) >= 11 is 0. The van der Waals surface area contributed by atoms with Crippen molar-refractivity contribution in [3.63, 3.8) is 0 Å². The van der Waals surface area contributed by atoms with E-state index in [1.54, 1.807) is 21.5 Å². The average Bonchev–Trinajstić information content (AvgIpc) is 3.00.